The first-order chi connectivity index (χ1) is 13.7. The summed E-state index contributed by atoms with van der Waals surface area (Å²) >= 11 is 0. The molecule has 1 fully saturated rings. The van der Waals surface area contributed by atoms with E-state index in [0.717, 1.165) is 37.6 Å². The van der Waals surface area contributed by atoms with Gasteiger partial charge in [-0.2, -0.15) is 0 Å². The highest BCUT2D eigenvalue weighted by Gasteiger charge is 2.22. The summed E-state index contributed by atoms with van der Waals surface area (Å²) in [6.07, 6.45) is 3.88. The second-order valence-electron chi connectivity index (χ2n) is 7.39. The minimum atomic E-state index is -0.0465. The van der Waals surface area contributed by atoms with Crippen LogP contribution >= 0.6 is 0 Å². The van der Waals surface area contributed by atoms with Crippen LogP contribution in [-0.4, -0.2) is 37.6 Å². The first-order valence-electron chi connectivity index (χ1n) is 10.1. The van der Waals surface area contributed by atoms with E-state index in [0.29, 0.717) is 6.04 Å². The Bertz CT molecular complexity index is 737. The molecule has 1 unspecified atom stereocenters. The third-order valence-corrected chi connectivity index (χ3v) is 5.27. The lowest BCUT2D eigenvalue weighted by Crippen LogP contribution is -2.39. The van der Waals surface area contributed by atoms with Crippen LogP contribution in [0.15, 0.2) is 48.5 Å². The van der Waals surface area contributed by atoms with Crippen LogP contribution in [0.2, 0.25) is 0 Å². The van der Waals surface area contributed by atoms with E-state index in [4.69, 9.17) is 4.74 Å². The number of carbonyl (C=O) groups is 1. The average molecular weight is 382 g/mol. The van der Waals surface area contributed by atoms with Gasteiger partial charge in [0.1, 0.15) is 5.75 Å². The van der Waals surface area contributed by atoms with Gasteiger partial charge in [-0.15, -0.1) is 0 Å². The molecule has 0 bridgehead atoms. The predicted molar refractivity (Wildman–Crippen MR) is 114 cm³/mol. The van der Waals surface area contributed by atoms with Crippen LogP contribution in [0.4, 0.5) is 5.69 Å². The molecular weight excluding hydrogens is 350 g/mol. The molecule has 3 rings (SSSR count). The van der Waals surface area contributed by atoms with Crippen LogP contribution in [0.25, 0.3) is 0 Å². The summed E-state index contributed by atoms with van der Waals surface area (Å²) in [5.74, 6) is 0.850. The summed E-state index contributed by atoms with van der Waals surface area (Å²) in [6.45, 7) is 5.55. The molecule has 1 atom stereocenters. The molecule has 2 aromatic carbocycles. The van der Waals surface area contributed by atoms with Crippen molar-refractivity contribution in [3.63, 3.8) is 0 Å². The van der Waals surface area contributed by atoms with Gasteiger partial charge in [-0.1, -0.05) is 30.7 Å². The molecule has 1 amide bonds. The average Bonchev–Trinajstić information content (AvgIpc) is 2.73. The largest absolute Gasteiger partial charge is 0.497 e. The van der Waals surface area contributed by atoms with Gasteiger partial charge in [0.2, 0.25) is 5.91 Å². The Labute approximate surface area is 168 Å². The zero-order valence-electron chi connectivity index (χ0n) is 16.9. The van der Waals surface area contributed by atoms with Crippen molar-refractivity contribution in [1.29, 1.82) is 0 Å². The second kappa shape index (κ2) is 10.2. The Kier molecular flexibility index (Phi) is 7.46. The number of amides is 1. The number of ether oxygens (including phenoxy) is 1. The summed E-state index contributed by atoms with van der Waals surface area (Å²) in [5, 5.41) is 6.43. The number of hydrogen-bond acceptors (Lipinski definition) is 4. The SMILES string of the molecule is COc1ccc(C(CNCc2ccc(NC(C)=O)cc2)N2CCCCC2)cc1. The number of benzene rings is 2. The van der Waals surface area contributed by atoms with Gasteiger partial charge in [0, 0.05) is 31.7 Å². The molecule has 1 saturated heterocycles. The monoisotopic (exact) mass is 381 g/mol. The van der Waals surface area contributed by atoms with Gasteiger partial charge < -0.3 is 15.4 Å². The fourth-order valence-corrected chi connectivity index (χ4v) is 3.78. The number of nitrogens with one attached hydrogen (secondary N) is 2. The summed E-state index contributed by atoms with van der Waals surface area (Å²) in [5.41, 5.74) is 3.37. The fourth-order valence-electron chi connectivity index (χ4n) is 3.78. The summed E-state index contributed by atoms with van der Waals surface area (Å²) in [6, 6.07) is 16.8. The molecule has 2 N–H and O–H groups in total. The number of rotatable bonds is 8. The van der Waals surface area contributed by atoms with E-state index < -0.39 is 0 Å². The molecule has 5 heteroatoms. The van der Waals surface area contributed by atoms with E-state index in [1.54, 1.807) is 7.11 Å². The Morgan fingerprint density at radius 3 is 2.32 bits per heavy atom. The zero-order chi connectivity index (χ0) is 19.8. The number of methoxy groups -OCH3 is 1. The van der Waals surface area contributed by atoms with Crippen LogP contribution in [0, 0.1) is 0 Å². The molecule has 5 nitrogen and oxygen atoms in total. The van der Waals surface area contributed by atoms with Crippen LogP contribution < -0.4 is 15.4 Å². The molecule has 0 aliphatic carbocycles. The van der Waals surface area contributed by atoms with Crippen LogP contribution in [0.5, 0.6) is 5.75 Å². The van der Waals surface area contributed by atoms with Crippen molar-refractivity contribution in [1.82, 2.24) is 10.2 Å². The smallest absolute Gasteiger partial charge is 0.221 e. The molecule has 0 radical (unpaired) electrons. The third-order valence-electron chi connectivity index (χ3n) is 5.27. The van der Waals surface area contributed by atoms with Gasteiger partial charge in [0.15, 0.2) is 0 Å². The maximum Gasteiger partial charge on any atom is 0.221 e. The van der Waals surface area contributed by atoms with E-state index >= 15 is 0 Å². The molecule has 0 saturated carbocycles. The minimum absolute atomic E-state index is 0.0465. The lowest BCUT2D eigenvalue weighted by Gasteiger charge is -2.35. The van der Waals surface area contributed by atoms with Crippen LogP contribution in [-0.2, 0) is 11.3 Å². The number of carbonyl (C=O) groups excluding carboxylic acids is 1. The quantitative estimate of drug-likeness (QED) is 0.726. The third kappa shape index (κ3) is 5.81. The van der Waals surface area contributed by atoms with Crippen molar-refractivity contribution in [3.05, 3.63) is 59.7 Å². The van der Waals surface area contributed by atoms with E-state index in [9.17, 15) is 4.79 Å². The highest BCUT2D eigenvalue weighted by atomic mass is 16.5. The Hall–Kier alpha value is -2.37. The molecule has 1 aliphatic heterocycles. The van der Waals surface area contributed by atoms with Crippen LogP contribution in [0.3, 0.4) is 0 Å². The van der Waals surface area contributed by atoms with E-state index in [1.807, 2.05) is 24.3 Å². The molecule has 1 aliphatic rings. The fraction of sp³-hybridized carbons (Fsp3) is 0.435. The molecule has 150 valence electrons. The number of piperidine rings is 1. The summed E-state index contributed by atoms with van der Waals surface area (Å²) in [7, 11) is 1.70. The highest BCUT2D eigenvalue weighted by Crippen LogP contribution is 2.26. The number of anilines is 1. The van der Waals surface area contributed by atoms with Crippen molar-refractivity contribution in [2.75, 3.05) is 32.1 Å². The molecule has 0 spiro atoms. The minimum Gasteiger partial charge on any atom is -0.497 e. The van der Waals surface area contributed by atoms with Gasteiger partial charge in [-0.25, -0.2) is 0 Å². The van der Waals surface area contributed by atoms with Gasteiger partial charge in [-0.3, -0.25) is 9.69 Å². The molecule has 0 aromatic heterocycles. The van der Waals surface area contributed by atoms with Crippen molar-refractivity contribution in [3.8, 4) is 5.75 Å². The molecule has 1 heterocycles. The Morgan fingerprint density at radius 1 is 1.04 bits per heavy atom. The van der Waals surface area contributed by atoms with E-state index in [1.165, 1.54) is 37.3 Å². The number of nitrogens with zero attached hydrogens (tertiary/aromatic N) is 1. The van der Waals surface area contributed by atoms with Gasteiger partial charge >= 0.3 is 0 Å². The standard InChI is InChI=1S/C23H31N3O2/c1-18(27)25-21-10-6-19(7-11-21)16-24-17-23(26-14-4-3-5-15-26)20-8-12-22(28-2)13-9-20/h6-13,23-24H,3-5,14-17H2,1-2H3,(H,25,27). The number of hydrogen-bond donors (Lipinski definition) is 2. The van der Waals surface area contributed by atoms with Gasteiger partial charge in [-0.05, 0) is 61.3 Å². The highest BCUT2D eigenvalue weighted by molar-refractivity contribution is 5.88. The zero-order valence-corrected chi connectivity index (χ0v) is 16.9. The lowest BCUT2D eigenvalue weighted by atomic mass is 10.0. The summed E-state index contributed by atoms with van der Waals surface area (Å²) < 4.78 is 5.31. The van der Waals surface area contributed by atoms with Crippen LogP contribution in [0.1, 0.15) is 43.4 Å². The summed E-state index contributed by atoms with van der Waals surface area (Å²) in [4.78, 5) is 13.7. The molecule has 28 heavy (non-hydrogen) atoms. The molecule has 2 aromatic rings. The Morgan fingerprint density at radius 2 is 1.71 bits per heavy atom. The topological polar surface area (TPSA) is 53.6 Å². The first kappa shape index (κ1) is 20.4. The maximum atomic E-state index is 11.1. The van der Waals surface area contributed by atoms with Gasteiger partial charge in [0.25, 0.3) is 0 Å². The first-order valence-corrected chi connectivity index (χ1v) is 10.1. The van der Waals surface area contributed by atoms with Crippen molar-refractivity contribution >= 4 is 11.6 Å². The predicted octanol–water partition coefficient (Wildman–Crippen LogP) is 3.97. The van der Waals surface area contributed by atoms with Crippen molar-refractivity contribution < 1.29 is 9.53 Å². The lowest BCUT2D eigenvalue weighted by molar-refractivity contribution is -0.114. The van der Waals surface area contributed by atoms with Crippen molar-refractivity contribution in [2.45, 2.75) is 38.8 Å². The Balaban J connectivity index is 1.61. The van der Waals surface area contributed by atoms with E-state index in [2.05, 4.69) is 39.8 Å². The van der Waals surface area contributed by atoms with Crippen molar-refractivity contribution in [2.24, 2.45) is 0 Å². The maximum absolute atomic E-state index is 11.1. The number of likely N-dealkylation sites (tertiary alicyclic amines) is 1. The normalized spacial score (nSPS) is 15.8. The van der Waals surface area contributed by atoms with E-state index in [-0.39, 0.29) is 5.91 Å². The second-order valence-corrected chi connectivity index (χ2v) is 7.39. The van der Waals surface area contributed by atoms with Gasteiger partial charge in [0.05, 0.1) is 7.11 Å². The molecular formula is C23H31N3O2.